The molecule has 0 bridgehead atoms. The predicted octanol–water partition coefficient (Wildman–Crippen LogP) is 3.25. The van der Waals surface area contributed by atoms with Crippen LogP contribution < -0.4 is 5.32 Å². The molecule has 1 unspecified atom stereocenters. The van der Waals surface area contributed by atoms with Crippen molar-refractivity contribution in [1.82, 2.24) is 5.32 Å². The Morgan fingerprint density at radius 1 is 1.10 bits per heavy atom. The molecular weight excluding hydrogens is 290 g/mol. The molecule has 0 aliphatic rings. The molecule has 0 aromatic rings. The maximum absolute atomic E-state index is 11.1. The summed E-state index contributed by atoms with van der Waals surface area (Å²) in [5, 5.41) is 11.7. The minimum atomic E-state index is -2.97. The molecular formula is C14H31NO5Si. The second kappa shape index (κ2) is 9.40. The normalized spacial score (nSPS) is 14.0. The van der Waals surface area contributed by atoms with Crippen molar-refractivity contribution in [3.05, 3.63) is 0 Å². The lowest BCUT2D eigenvalue weighted by Crippen LogP contribution is -2.61. The lowest BCUT2D eigenvalue weighted by atomic mass is 9.97. The van der Waals surface area contributed by atoms with Crippen molar-refractivity contribution in [1.29, 1.82) is 0 Å². The Hall–Kier alpha value is -0.633. The minimum Gasteiger partial charge on any atom is -0.465 e. The molecule has 7 heteroatoms. The number of carbonyl (C=O) groups is 1. The average Bonchev–Trinajstić information content (AvgIpc) is 2.35. The van der Waals surface area contributed by atoms with Gasteiger partial charge in [-0.2, -0.15) is 0 Å². The molecule has 0 heterocycles. The summed E-state index contributed by atoms with van der Waals surface area (Å²) < 4.78 is 17.9. The van der Waals surface area contributed by atoms with Crippen LogP contribution in [0.5, 0.6) is 0 Å². The van der Waals surface area contributed by atoms with Crippen LogP contribution in [0.1, 0.15) is 54.4 Å². The third kappa shape index (κ3) is 5.94. The summed E-state index contributed by atoms with van der Waals surface area (Å²) in [6, 6.07) is 0. The number of rotatable bonds is 11. The fraction of sp³-hybridized carbons (Fsp3) is 0.929. The van der Waals surface area contributed by atoms with Crippen molar-refractivity contribution in [2.24, 2.45) is 0 Å². The van der Waals surface area contributed by atoms with Crippen LogP contribution >= 0.6 is 0 Å². The lowest BCUT2D eigenvalue weighted by molar-refractivity contribution is 0.0483. The van der Waals surface area contributed by atoms with Gasteiger partial charge in [-0.1, -0.05) is 13.3 Å². The van der Waals surface area contributed by atoms with Crippen LogP contribution in [0.15, 0.2) is 0 Å². The molecule has 6 nitrogen and oxygen atoms in total. The molecule has 2 N–H and O–H groups in total. The van der Waals surface area contributed by atoms with E-state index in [4.69, 9.17) is 18.4 Å². The van der Waals surface area contributed by atoms with E-state index in [1.165, 1.54) is 0 Å². The van der Waals surface area contributed by atoms with Crippen molar-refractivity contribution in [2.75, 3.05) is 19.8 Å². The van der Waals surface area contributed by atoms with E-state index in [2.05, 4.69) is 12.2 Å². The quantitative estimate of drug-likeness (QED) is 0.571. The number of hydrogen-bond acceptors (Lipinski definition) is 4. The standard InChI is InChI=1S/C14H31NO5Si/c1-7-11-12(14(5,6)15-13(16)17)21(18-8-2,19-9-3)20-10-4/h12,15H,7-11H2,1-6H3,(H,16,17). The Labute approximate surface area is 129 Å². The lowest BCUT2D eigenvalue weighted by Gasteiger charge is -2.43. The van der Waals surface area contributed by atoms with E-state index >= 15 is 0 Å². The Bertz CT molecular complexity index is 295. The molecule has 0 aromatic heterocycles. The van der Waals surface area contributed by atoms with E-state index in [9.17, 15) is 4.79 Å². The minimum absolute atomic E-state index is 0.133. The van der Waals surface area contributed by atoms with Gasteiger partial charge in [-0.3, -0.25) is 0 Å². The maximum Gasteiger partial charge on any atom is 0.506 e. The first kappa shape index (κ1) is 20.4. The van der Waals surface area contributed by atoms with Gasteiger partial charge in [-0.15, -0.1) is 0 Å². The molecule has 0 aromatic carbocycles. The summed E-state index contributed by atoms with van der Waals surface area (Å²) in [4.78, 5) is 11.1. The van der Waals surface area contributed by atoms with E-state index < -0.39 is 20.4 Å². The molecule has 0 fully saturated rings. The summed E-state index contributed by atoms with van der Waals surface area (Å²) in [6.45, 7) is 12.9. The molecule has 0 aliphatic heterocycles. The van der Waals surface area contributed by atoms with Crippen LogP contribution in [0.3, 0.4) is 0 Å². The fourth-order valence-electron chi connectivity index (χ4n) is 2.66. The summed E-state index contributed by atoms with van der Waals surface area (Å²) in [7, 11) is -2.97. The number of hydrogen-bond donors (Lipinski definition) is 2. The topological polar surface area (TPSA) is 77.0 Å². The summed E-state index contributed by atoms with van der Waals surface area (Å²) in [5.74, 6) is 0. The number of carboxylic acid groups (broad SMARTS) is 1. The van der Waals surface area contributed by atoms with E-state index in [0.29, 0.717) is 19.8 Å². The summed E-state index contributed by atoms with van der Waals surface area (Å²) in [5.41, 5.74) is -0.820. The van der Waals surface area contributed by atoms with Gasteiger partial charge in [-0.05, 0) is 41.0 Å². The Morgan fingerprint density at radius 3 is 1.81 bits per heavy atom. The third-order valence-corrected chi connectivity index (χ3v) is 7.28. The van der Waals surface area contributed by atoms with Crippen molar-refractivity contribution < 1.29 is 23.2 Å². The van der Waals surface area contributed by atoms with Crippen LogP contribution in [-0.4, -0.2) is 45.4 Å². The van der Waals surface area contributed by atoms with Gasteiger partial charge in [-0.25, -0.2) is 4.79 Å². The third-order valence-electron chi connectivity index (χ3n) is 3.34. The smallest absolute Gasteiger partial charge is 0.465 e. The van der Waals surface area contributed by atoms with Crippen LogP contribution in [0.25, 0.3) is 0 Å². The highest BCUT2D eigenvalue weighted by molar-refractivity contribution is 6.62. The molecule has 0 saturated heterocycles. The van der Waals surface area contributed by atoms with E-state index in [1.54, 1.807) is 0 Å². The second-order valence-electron chi connectivity index (χ2n) is 5.40. The van der Waals surface area contributed by atoms with Gasteiger partial charge in [0.05, 0.1) is 5.54 Å². The SMILES string of the molecule is CCCC(C(C)(C)NC(=O)O)[Si](OCC)(OCC)OCC. The summed E-state index contributed by atoms with van der Waals surface area (Å²) in [6.07, 6.45) is 0.630. The molecule has 0 radical (unpaired) electrons. The van der Waals surface area contributed by atoms with Gasteiger partial charge in [0, 0.05) is 25.4 Å². The molecule has 1 amide bonds. The Morgan fingerprint density at radius 2 is 1.52 bits per heavy atom. The van der Waals surface area contributed by atoms with Crippen molar-refractivity contribution in [2.45, 2.75) is 65.5 Å². The zero-order valence-electron chi connectivity index (χ0n) is 14.2. The van der Waals surface area contributed by atoms with Crippen LogP contribution in [-0.2, 0) is 13.3 Å². The maximum atomic E-state index is 11.1. The van der Waals surface area contributed by atoms with Crippen molar-refractivity contribution >= 4 is 14.9 Å². The second-order valence-corrected chi connectivity index (χ2v) is 8.17. The molecule has 126 valence electrons. The highest BCUT2D eigenvalue weighted by Gasteiger charge is 2.55. The molecule has 0 saturated carbocycles. The van der Waals surface area contributed by atoms with E-state index in [1.807, 2.05) is 34.6 Å². The fourth-order valence-corrected chi connectivity index (χ4v) is 6.32. The van der Waals surface area contributed by atoms with Gasteiger partial charge in [0.2, 0.25) is 0 Å². The monoisotopic (exact) mass is 321 g/mol. The van der Waals surface area contributed by atoms with Crippen LogP contribution in [0.4, 0.5) is 4.79 Å². The molecule has 1 atom stereocenters. The zero-order chi connectivity index (χ0) is 16.5. The first-order valence-electron chi connectivity index (χ1n) is 7.72. The highest BCUT2D eigenvalue weighted by Crippen LogP contribution is 2.39. The van der Waals surface area contributed by atoms with Crippen LogP contribution in [0.2, 0.25) is 5.54 Å². The highest BCUT2D eigenvalue weighted by atomic mass is 28.4. The molecule has 0 aliphatic carbocycles. The first-order chi connectivity index (χ1) is 9.79. The largest absolute Gasteiger partial charge is 0.506 e. The van der Waals surface area contributed by atoms with E-state index in [0.717, 1.165) is 12.8 Å². The molecule has 0 spiro atoms. The average molecular weight is 321 g/mol. The first-order valence-corrected chi connectivity index (χ1v) is 9.52. The van der Waals surface area contributed by atoms with Gasteiger partial charge in [0.25, 0.3) is 0 Å². The van der Waals surface area contributed by atoms with Gasteiger partial charge in [0.15, 0.2) is 0 Å². The van der Waals surface area contributed by atoms with Gasteiger partial charge in [0.1, 0.15) is 0 Å². The molecule has 21 heavy (non-hydrogen) atoms. The van der Waals surface area contributed by atoms with Crippen LogP contribution in [0, 0.1) is 0 Å². The predicted molar refractivity (Wildman–Crippen MR) is 84.5 cm³/mol. The molecule has 0 rings (SSSR count). The summed E-state index contributed by atoms with van der Waals surface area (Å²) >= 11 is 0. The van der Waals surface area contributed by atoms with Gasteiger partial charge >= 0.3 is 14.9 Å². The Balaban J connectivity index is 5.61. The number of amides is 1. The Kier molecular flexibility index (Phi) is 9.11. The van der Waals surface area contributed by atoms with E-state index in [-0.39, 0.29) is 5.54 Å². The zero-order valence-corrected chi connectivity index (χ0v) is 15.2. The van der Waals surface area contributed by atoms with Gasteiger partial charge < -0.3 is 23.7 Å². The van der Waals surface area contributed by atoms with Crippen molar-refractivity contribution in [3.63, 3.8) is 0 Å². The number of nitrogens with one attached hydrogen (secondary N) is 1. The van der Waals surface area contributed by atoms with Crippen molar-refractivity contribution in [3.8, 4) is 0 Å².